The number of hydrogen-bond acceptors (Lipinski definition) is 2. The van der Waals surface area contributed by atoms with Gasteiger partial charge in [-0.2, -0.15) is 5.10 Å². The molecule has 1 heterocycles. The van der Waals surface area contributed by atoms with E-state index in [0.717, 1.165) is 42.2 Å². The molecule has 0 aromatic carbocycles. The van der Waals surface area contributed by atoms with E-state index in [0.29, 0.717) is 11.8 Å². The summed E-state index contributed by atoms with van der Waals surface area (Å²) in [6, 6.07) is 0. The van der Waals surface area contributed by atoms with E-state index in [1.165, 1.54) is 6.42 Å². The van der Waals surface area contributed by atoms with Gasteiger partial charge in [0.2, 0.25) is 0 Å². The molecule has 2 atom stereocenters. The summed E-state index contributed by atoms with van der Waals surface area (Å²) >= 11 is 6.41. The molecule has 1 aromatic rings. The van der Waals surface area contributed by atoms with Gasteiger partial charge in [0.05, 0.1) is 16.4 Å². The number of nitrogens with zero attached hydrogens (tertiary/aromatic N) is 2. The molecule has 0 radical (unpaired) electrons. The Bertz CT molecular complexity index is 442. The fourth-order valence-corrected chi connectivity index (χ4v) is 4.04. The standard InChI is InChI=1S/C15H26ClN3/c1-5-19-13(14(16)12(4)18-19)9-15(17)7-10(2)6-11(3)8-15/h10-11H,5-9,17H2,1-4H3. The molecule has 108 valence electrons. The largest absolute Gasteiger partial charge is 0.325 e. The van der Waals surface area contributed by atoms with Gasteiger partial charge in [0.1, 0.15) is 0 Å². The molecular weight excluding hydrogens is 258 g/mol. The smallest absolute Gasteiger partial charge is 0.0847 e. The second kappa shape index (κ2) is 5.45. The second-order valence-electron chi connectivity index (χ2n) is 6.56. The van der Waals surface area contributed by atoms with E-state index >= 15 is 0 Å². The Labute approximate surface area is 121 Å². The lowest BCUT2D eigenvalue weighted by molar-refractivity contribution is 0.180. The molecule has 1 aromatic heterocycles. The Balaban J connectivity index is 2.24. The number of hydrogen-bond donors (Lipinski definition) is 1. The molecule has 2 rings (SSSR count). The first-order valence-electron chi connectivity index (χ1n) is 7.35. The zero-order chi connectivity index (χ0) is 14.2. The Kier molecular flexibility index (Phi) is 4.26. The van der Waals surface area contributed by atoms with Crippen molar-refractivity contribution in [3.8, 4) is 0 Å². The van der Waals surface area contributed by atoms with Crippen LogP contribution in [0.15, 0.2) is 0 Å². The van der Waals surface area contributed by atoms with Crippen molar-refractivity contribution < 1.29 is 0 Å². The first-order valence-corrected chi connectivity index (χ1v) is 7.73. The maximum absolute atomic E-state index is 6.67. The van der Waals surface area contributed by atoms with E-state index < -0.39 is 0 Å². The lowest BCUT2D eigenvalue weighted by Gasteiger charge is -2.40. The minimum atomic E-state index is -0.125. The van der Waals surface area contributed by atoms with Crippen LogP contribution in [0.1, 0.15) is 51.4 Å². The molecule has 1 saturated carbocycles. The van der Waals surface area contributed by atoms with Gasteiger partial charge in [-0.25, -0.2) is 0 Å². The van der Waals surface area contributed by atoms with Gasteiger partial charge < -0.3 is 5.73 Å². The quantitative estimate of drug-likeness (QED) is 0.922. The molecular formula is C15H26ClN3. The summed E-state index contributed by atoms with van der Waals surface area (Å²) in [5.74, 6) is 1.40. The van der Waals surface area contributed by atoms with Crippen molar-refractivity contribution in [1.82, 2.24) is 9.78 Å². The highest BCUT2D eigenvalue weighted by atomic mass is 35.5. The number of rotatable bonds is 3. The molecule has 4 heteroatoms. The first-order chi connectivity index (χ1) is 8.84. The summed E-state index contributed by atoms with van der Waals surface area (Å²) in [5, 5.41) is 5.30. The number of nitrogens with two attached hydrogens (primary N) is 1. The summed E-state index contributed by atoms with van der Waals surface area (Å²) < 4.78 is 2.01. The highest BCUT2D eigenvalue weighted by molar-refractivity contribution is 6.31. The van der Waals surface area contributed by atoms with Gasteiger partial charge in [-0.3, -0.25) is 4.68 Å². The van der Waals surface area contributed by atoms with Crippen LogP contribution < -0.4 is 5.73 Å². The Morgan fingerprint density at radius 3 is 2.47 bits per heavy atom. The van der Waals surface area contributed by atoms with Crippen LogP contribution in [-0.4, -0.2) is 15.3 Å². The zero-order valence-corrected chi connectivity index (χ0v) is 13.3. The van der Waals surface area contributed by atoms with Gasteiger partial charge in [0, 0.05) is 18.5 Å². The molecule has 1 aliphatic rings. The molecule has 19 heavy (non-hydrogen) atoms. The zero-order valence-electron chi connectivity index (χ0n) is 12.5. The van der Waals surface area contributed by atoms with Gasteiger partial charge in [-0.05, 0) is 44.9 Å². The van der Waals surface area contributed by atoms with Crippen molar-refractivity contribution >= 4 is 11.6 Å². The predicted molar refractivity (Wildman–Crippen MR) is 80.4 cm³/mol. The van der Waals surface area contributed by atoms with Crippen molar-refractivity contribution in [3.63, 3.8) is 0 Å². The van der Waals surface area contributed by atoms with Crippen LogP contribution >= 0.6 is 11.6 Å². The average molecular weight is 284 g/mol. The van der Waals surface area contributed by atoms with E-state index in [2.05, 4.69) is 25.9 Å². The third-order valence-corrected chi connectivity index (χ3v) is 4.78. The van der Waals surface area contributed by atoms with Gasteiger partial charge in [-0.1, -0.05) is 25.4 Å². The van der Waals surface area contributed by atoms with Crippen molar-refractivity contribution in [2.75, 3.05) is 0 Å². The minimum Gasteiger partial charge on any atom is -0.325 e. The average Bonchev–Trinajstić information content (AvgIpc) is 2.54. The maximum atomic E-state index is 6.67. The molecule has 2 unspecified atom stereocenters. The molecule has 0 amide bonds. The third-order valence-electron chi connectivity index (χ3n) is 4.29. The van der Waals surface area contributed by atoms with E-state index in [9.17, 15) is 0 Å². The Morgan fingerprint density at radius 1 is 1.37 bits per heavy atom. The van der Waals surface area contributed by atoms with Crippen LogP contribution in [0.25, 0.3) is 0 Å². The van der Waals surface area contributed by atoms with Crippen LogP contribution in [0, 0.1) is 18.8 Å². The molecule has 2 N–H and O–H groups in total. The monoisotopic (exact) mass is 283 g/mol. The number of aromatic nitrogens is 2. The molecule has 0 bridgehead atoms. The van der Waals surface area contributed by atoms with Gasteiger partial charge in [0.15, 0.2) is 0 Å². The topological polar surface area (TPSA) is 43.8 Å². The van der Waals surface area contributed by atoms with Gasteiger partial charge in [-0.15, -0.1) is 0 Å². The van der Waals surface area contributed by atoms with Crippen LogP contribution in [0.3, 0.4) is 0 Å². The van der Waals surface area contributed by atoms with E-state index in [-0.39, 0.29) is 5.54 Å². The predicted octanol–water partition coefficient (Wildman–Crippen LogP) is 3.56. The second-order valence-corrected chi connectivity index (χ2v) is 6.93. The van der Waals surface area contributed by atoms with E-state index in [1.807, 2.05) is 11.6 Å². The highest BCUT2D eigenvalue weighted by Crippen LogP contribution is 2.37. The summed E-state index contributed by atoms with van der Waals surface area (Å²) in [4.78, 5) is 0. The summed E-state index contributed by atoms with van der Waals surface area (Å²) in [6.45, 7) is 9.53. The summed E-state index contributed by atoms with van der Waals surface area (Å²) in [7, 11) is 0. The SMILES string of the molecule is CCn1nc(C)c(Cl)c1CC1(N)CC(C)CC(C)C1. The van der Waals surface area contributed by atoms with Crippen molar-refractivity contribution in [2.45, 2.75) is 65.5 Å². The summed E-state index contributed by atoms with van der Waals surface area (Å²) in [5.41, 5.74) is 8.58. The van der Waals surface area contributed by atoms with Crippen molar-refractivity contribution in [3.05, 3.63) is 16.4 Å². The van der Waals surface area contributed by atoms with Gasteiger partial charge >= 0.3 is 0 Å². The third kappa shape index (κ3) is 3.14. The van der Waals surface area contributed by atoms with Crippen molar-refractivity contribution in [2.24, 2.45) is 17.6 Å². The molecule has 0 aliphatic heterocycles. The lowest BCUT2D eigenvalue weighted by Crippen LogP contribution is -2.48. The fraction of sp³-hybridized carbons (Fsp3) is 0.800. The van der Waals surface area contributed by atoms with Crippen LogP contribution in [-0.2, 0) is 13.0 Å². The van der Waals surface area contributed by atoms with Crippen LogP contribution in [0.2, 0.25) is 5.02 Å². The van der Waals surface area contributed by atoms with Crippen LogP contribution in [0.4, 0.5) is 0 Å². The molecule has 3 nitrogen and oxygen atoms in total. The van der Waals surface area contributed by atoms with Crippen molar-refractivity contribution in [1.29, 1.82) is 0 Å². The lowest BCUT2D eigenvalue weighted by atomic mass is 9.70. The van der Waals surface area contributed by atoms with Gasteiger partial charge in [0.25, 0.3) is 0 Å². The summed E-state index contributed by atoms with van der Waals surface area (Å²) in [6.07, 6.45) is 4.30. The number of halogens is 1. The first kappa shape index (κ1) is 14.9. The highest BCUT2D eigenvalue weighted by Gasteiger charge is 2.36. The molecule has 1 fully saturated rings. The number of aryl methyl sites for hydroxylation is 2. The Hall–Kier alpha value is -0.540. The fourth-order valence-electron chi connectivity index (χ4n) is 3.84. The Morgan fingerprint density at radius 2 is 1.95 bits per heavy atom. The molecule has 0 spiro atoms. The molecule has 0 saturated heterocycles. The van der Waals surface area contributed by atoms with E-state index in [1.54, 1.807) is 0 Å². The normalized spacial score (nSPS) is 31.7. The van der Waals surface area contributed by atoms with Crippen LogP contribution in [0.5, 0.6) is 0 Å². The molecule has 1 aliphatic carbocycles. The van der Waals surface area contributed by atoms with E-state index in [4.69, 9.17) is 17.3 Å². The minimum absolute atomic E-state index is 0.125. The maximum Gasteiger partial charge on any atom is 0.0847 e.